The quantitative estimate of drug-likeness (QED) is 0.755. The lowest BCUT2D eigenvalue weighted by Crippen LogP contribution is -2.46. The third kappa shape index (κ3) is 4.77. The van der Waals surface area contributed by atoms with E-state index in [2.05, 4.69) is 17.0 Å². The Bertz CT molecular complexity index is 546. The van der Waals surface area contributed by atoms with Gasteiger partial charge in [0.05, 0.1) is 4.90 Å². The lowest BCUT2D eigenvalue weighted by molar-refractivity contribution is 0.294. The van der Waals surface area contributed by atoms with Crippen LogP contribution in [0.1, 0.15) is 57.2 Å². The van der Waals surface area contributed by atoms with Gasteiger partial charge in [-0.05, 0) is 38.8 Å². The number of nitrogens with one attached hydrogen (secondary N) is 2. The van der Waals surface area contributed by atoms with Gasteiger partial charge in [-0.25, -0.2) is 13.1 Å². The van der Waals surface area contributed by atoms with Gasteiger partial charge < -0.3 is 5.32 Å². The van der Waals surface area contributed by atoms with Crippen molar-refractivity contribution in [3.05, 3.63) is 16.3 Å². The highest BCUT2D eigenvalue weighted by Crippen LogP contribution is 2.30. The van der Waals surface area contributed by atoms with Crippen LogP contribution in [0.15, 0.2) is 16.3 Å². The van der Waals surface area contributed by atoms with Crippen LogP contribution in [0.2, 0.25) is 0 Å². The zero-order chi connectivity index (χ0) is 15.3. The fraction of sp³-hybridized carbons (Fsp3) is 0.733. The number of thiophene rings is 1. The molecule has 6 heteroatoms. The Morgan fingerprint density at radius 1 is 1.29 bits per heavy atom. The van der Waals surface area contributed by atoms with Crippen molar-refractivity contribution < 1.29 is 8.42 Å². The van der Waals surface area contributed by atoms with Gasteiger partial charge in [0.25, 0.3) is 0 Å². The maximum atomic E-state index is 12.5. The molecule has 1 heterocycles. The molecule has 1 aliphatic carbocycles. The Labute approximate surface area is 132 Å². The van der Waals surface area contributed by atoms with Crippen molar-refractivity contribution in [1.82, 2.24) is 10.0 Å². The summed E-state index contributed by atoms with van der Waals surface area (Å²) in [5.41, 5.74) is -0.278. The molecule has 120 valence electrons. The van der Waals surface area contributed by atoms with Crippen molar-refractivity contribution >= 4 is 21.4 Å². The molecular formula is C15H26N2O2S2. The molecule has 2 N–H and O–H groups in total. The first-order chi connectivity index (χ1) is 9.95. The molecule has 2 rings (SSSR count). The Hall–Kier alpha value is -0.430. The third-order valence-corrected chi connectivity index (χ3v) is 6.71. The van der Waals surface area contributed by atoms with Crippen molar-refractivity contribution in [2.24, 2.45) is 0 Å². The van der Waals surface area contributed by atoms with Crippen LogP contribution in [0.3, 0.4) is 0 Å². The summed E-state index contributed by atoms with van der Waals surface area (Å²) >= 11 is 1.51. The minimum atomic E-state index is -3.40. The summed E-state index contributed by atoms with van der Waals surface area (Å²) in [6.45, 7) is 5.84. The van der Waals surface area contributed by atoms with Gasteiger partial charge in [0, 0.05) is 22.3 Å². The molecule has 0 spiro atoms. The van der Waals surface area contributed by atoms with E-state index in [1.54, 1.807) is 11.4 Å². The second-order valence-corrected chi connectivity index (χ2v) is 8.83. The molecule has 0 aromatic carbocycles. The molecular weight excluding hydrogens is 304 g/mol. The Morgan fingerprint density at radius 2 is 2.00 bits per heavy atom. The van der Waals surface area contributed by atoms with Gasteiger partial charge in [-0.1, -0.05) is 26.2 Å². The van der Waals surface area contributed by atoms with Crippen molar-refractivity contribution in [3.63, 3.8) is 0 Å². The summed E-state index contributed by atoms with van der Waals surface area (Å²) in [6, 6.07) is 1.79. The van der Waals surface area contributed by atoms with Crippen LogP contribution in [0, 0.1) is 0 Å². The predicted octanol–water partition coefficient (Wildman–Crippen LogP) is 3.25. The Balaban J connectivity index is 2.02. The van der Waals surface area contributed by atoms with Gasteiger partial charge in [-0.15, -0.1) is 11.3 Å². The van der Waals surface area contributed by atoms with Crippen molar-refractivity contribution in [2.45, 2.75) is 69.4 Å². The average molecular weight is 331 g/mol. The van der Waals surface area contributed by atoms with E-state index in [1.165, 1.54) is 17.8 Å². The average Bonchev–Trinajstić information content (AvgIpc) is 2.88. The van der Waals surface area contributed by atoms with Gasteiger partial charge >= 0.3 is 0 Å². The Morgan fingerprint density at radius 3 is 2.67 bits per heavy atom. The second-order valence-electron chi connectivity index (χ2n) is 6.15. The molecule has 0 bridgehead atoms. The second kappa shape index (κ2) is 7.22. The van der Waals surface area contributed by atoms with Gasteiger partial charge in [0.15, 0.2) is 0 Å². The maximum Gasteiger partial charge on any atom is 0.241 e. The molecule has 0 amide bonds. The van der Waals surface area contributed by atoms with Crippen LogP contribution in [0.5, 0.6) is 0 Å². The van der Waals surface area contributed by atoms with E-state index in [9.17, 15) is 8.42 Å². The first-order valence-electron chi connectivity index (χ1n) is 7.77. The van der Waals surface area contributed by atoms with E-state index in [0.717, 1.165) is 50.1 Å². The topological polar surface area (TPSA) is 58.2 Å². The summed E-state index contributed by atoms with van der Waals surface area (Å²) in [6.07, 6.45) is 6.37. The summed E-state index contributed by atoms with van der Waals surface area (Å²) in [5.74, 6) is 0. The zero-order valence-electron chi connectivity index (χ0n) is 12.9. The van der Waals surface area contributed by atoms with E-state index >= 15 is 0 Å². The van der Waals surface area contributed by atoms with Crippen molar-refractivity contribution in [1.29, 1.82) is 0 Å². The number of sulfonamides is 1. The molecule has 1 aromatic heterocycles. The lowest BCUT2D eigenvalue weighted by Gasteiger charge is -2.33. The molecule has 0 saturated heterocycles. The zero-order valence-corrected chi connectivity index (χ0v) is 14.6. The van der Waals surface area contributed by atoms with Crippen molar-refractivity contribution in [2.75, 3.05) is 6.54 Å². The predicted molar refractivity (Wildman–Crippen MR) is 88.1 cm³/mol. The van der Waals surface area contributed by atoms with Crippen LogP contribution in [0.25, 0.3) is 0 Å². The number of rotatable bonds is 7. The van der Waals surface area contributed by atoms with E-state index in [0.29, 0.717) is 4.90 Å². The number of hydrogen-bond donors (Lipinski definition) is 2. The largest absolute Gasteiger partial charge is 0.312 e. The van der Waals surface area contributed by atoms with Gasteiger partial charge in [0.1, 0.15) is 0 Å². The van der Waals surface area contributed by atoms with Crippen LogP contribution in [0.4, 0.5) is 0 Å². The minimum Gasteiger partial charge on any atom is -0.312 e. The van der Waals surface area contributed by atoms with Crippen LogP contribution < -0.4 is 10.0 Å². The molecule has 0 atom stereocenters. The van der Waals surface area contributed by atoms with E-state index in [-0.39, 0.29) is 5.54 Å². The third-order valence-electron chi connectivity index (χ3n) is 4.00. The molecule has 1 aliphatic rings. The molecule has 1 fully saturated rings. The van der Waals surface area contributed by atoms with Gasteiger partial charge in [-0.2, -0.15) is 0 Å². The SMILES string of the molecule is CCCNCc1cc(S(=O)(=O)NC2(C)CCCCC2)cs1. The van der Waals surface area contributed by atoms with Crippen molar-refractivity contribution in [3.8, 4) is 0 Å². The summed E-state index contributed by atoms with van der Waals surface area (Å²) in [5, 5.41) is 5.05. The minimum absolute atomic E-state index is 0.278. The van der Waals surface area contributed by atoms with E-state index in [4.69, 9.17) is 0 Å². The van der Waals surface area contributed by atoms with Crippen LogP contribution in [-0.2, 0) is 16.6 Å². The van der Waals surface area contributed by atoms with Gasteiger partial charge in [-0.3, -0.25) is 0 Å². The smallest absolute Gasteiger partial charge is 0.241 e. The van der Waals surface area contributed by atoms with Gasteiger partial charge in [0.2, 0.25) is 10.0 Å². The molecule has 1 saturated carbocycles. The van der Waals surface area contributed by atoms with E-state index < -0.39 is 10.0 Å². The summed E-state index contributed by atoms with van der Waals surface area (Å²) < 4.78 is 28.0. The first kappa shape index (κ1) is 16.9. The first-order valence-corrected chi connectivity index (χ1v) is 10.1. The standard InChI is InChI=1S/C15H26N2O2S2/c1-3-9-16-11-13-10-14(12-20-13)21(18,19)17-15(2)7-5-4-6-8-15/h10,12,16-17H,3-9,11H2,1-2H3. The molecule has 21 heavy (non-hydrogen) atoms. The number of hydrogen-bond acceptors (Lipinski definition) is 4. The Kier molecular flexibility index (Phi) is 5.82. The molecule has 4 nitrogen and oxygen atoms in total. The fourth-order valence-electron chi connectivity index (χ4n) is 2.80. The fourth-order valence-corrected chi connectivity index (χ4v) is 5.51. The molecule has 0 aliphatic heterocycles. The summed E-state index contributed by atoms with van der Waals surface area (Å²) in [7, 11) is -3.40. The lowest BCUT2D eigenvalue weighted by atomic mass is 9.84. The molecule has 0 unspecified atom stereocenters. The normalized spacial score (nSPS) is 18.8. The van der Waals surface area contributed by atoms with Crippen LogP contribution in [-0.4, -0.2) is 20.5 Å². The highest BCUT2D eigenvalue weighted by Gasteiger charge is 2.32. The summed E-state index contributed by atoms with van der Waals surface area (Å²) in [4.78, 5) is 1.48. The monoisotopic (exact) mass is 330 g/mol. The maximum absolute atomic E-state index is 12.5. The van der Waals surface area contributed by atoms with Crippen LogP contribution >= 0.6 is 11.3 Å². The highest BCUT2D eigenvalue weighted by molar-refractivity contribution is 7.89. The molecule has 0 radical (unpaired) electrons. The molecule has 1 aromatic rings. The van der Waals surface area contributed by atoms with E-state index in [1.807, 2.05) is 6.92 Å². The highest BCUT2D eigenvalue weighted by atomic mass is 32.2.